The van der Waals surface area contributed by atoms with Gasteiger partial charge in [-0.05, 0) is 22.0 Å². The highest BCUT2D eigenvalue weighted by molar-refractivity contribution is 7.87. The van der Waals surface area contributed by atoms with Gasteiger partial charge in [-0.1, -0.05) is 18.2 Å². The molecule has 2 aromatic rings. The summed E-state index contributed by atoms with van der Waals surface area (Å²) in [5, 5.41) is 11.1. The third-order valence-corrected chi connectivity index (χ3v) is 3.78. The molecule has 0 bridgehead atoms. The van der Waals surface area contributed by atoms with Crippen LogP contribution in [0.3, 0.4) is 0 Å². The minimum absolute atomic E-state index is 0.211. The number of para-hydroxylation sites is 1. The van der Waals surface area contributed by atoms with Crippen LogP contribution in [-0.2, 0) is 14.3 Å². The molecule has 0 saturated heterocycles. The highest BCUT2D eigenvalue weighted by atomic mass is 32.2. The molecule has 0 aliphatic carbocycles. The van der Waals surface area contributed by atoms with Crippen LogP contribution >= 0.6 is 0 Å². The monoisotopic (exact) mass is 294 g/mol. The van der Waals surface area contributed by atoms with Crippen LogP contribution in [0.5, 0.6) is 0 Å². The summed E-state index contributed by atoms with van der Waals surface area (Å²) < 4.78 is 28.8. The Labute approximate surface area is 114 Å². The van der Waals surface area contributed by atoms with Gasteiger partial charge in [-0.3, -0.25) is 4.18 Å². The summed E-state index contributed by atoms with van der Waals surface area (Å²) >= 11 is 0. The SMILES string of the molecule is C=CCOS(=O)(=O)c1cc([N+](=O)[O-])nc2ccccc12. The number of hydrogen-bond acceptors (Lipinski definition) is 6. The molecule has 0 spiro atoms. The molecule has 7 nitrogen and oxygen atoms in total. The number of benzene rings is 1. The summed E-state index contributed by atoms with van der Waals surface area (Å²) in [5.74, 6) is -0.551. The van der Waals surface area contributed by atoms with Crippen molar-refractivity contribution in [2.24, 2.45) is 0 Å². The van der Waals surface area contributed by atoms with E-state index in [2.05, 4.69) is 11.6 Å². The van der Waals surface area contributed by atoms with E-state index in [1.54, 1.807) is 12.1 Å². The number of nitro groups is 1. The van der Waals surface area contributed by atoms with E-state index in [9.17, 15) is 18.5 Å². The van der Waals surface area contributed by atoms with E-state index in [0.29, 0.717) is 0 Å². The first-order chi connectivity index (χ1) is 9.45. The van der Waals surface area contributed by atoms with Crippen molar-refractivity contribution >= 4 is 26.8 Å². The van der Waals surface area contributed by atoms with E-state index < -0.39 is 20.9 Å². The second-order valence-corrected chi connectivity index (χ2v) is 5.36. The third kappa shape index (κ3) is 2.65. The zero-order valence-corrected chi connectivity index (χ0v) is 11.0. The van der Waals surface area contributed by atoms with Crippen LogP contribution in [0.4, 0.5) is 5.82 Å². The Kier molecular flexibility index (Phi) is 3.77. The predicted octanol–water partition coefficient (Wildman–Crippen LogP) is 2.03. The van der Waals surface area contributed by atoms with E-state index in [0.717, 1.165) is 6.07 Å². The van der Waals surface area contributed by atoms with Crippen molar-refractivity contribution in [1.82, 2.24) is 4.98 Å². The van der Waals surface area contributed by atoms with Crippen molar-refractivity contribution in [3.63, 3.8) is 0 Å². The van der Waals surface area contributed by atoms with E-state index in [-0.39, 0.29) is 22.4 Å². The van der Waals surface area contributed by atoms with Crippen LogP contribution in [0.1, 0.15) is 0 Å². The first-order valence-electron chi connectivity index (χ1n) is 5.50. The maximum atomic E-state index is 12.1. The Morgan fingerprint density at radius 2 is 2.10 bits per heavy atom. The molecule has 0 unspecified atom stereocenters. The summed E-state index contributed by atoms with van der Waals surface area (Å²) in [6.07, 6.45) is 1.27. The topological polar surface area (TPSA) is 99.4 Å². The van der Waals surface area contributed by atoms with Crippen molar-refractivity contribution < 1.29 is 17.5 Å². The van der Waals surface area contributed by atoms with Gasteiger partial charge in [0.05, 0.1) is 12.7 Å². The lowest BCUT2D eigenvalue weighted by Crippen LogP contribution is -2.08. The van der Waals surface area contributed by atoms with Crippen LogP contribution in [0.2, 0.25) is 0 Å². The van der Waals surface area contributed by atoms with Gasteiger partial charge >= 0.3 is 5.82 Å². The van der Waals surface area contributed by atoms with Gasteiger partial charge in [0.2, 0.25) is 0 Å². The maximum absolute atomic E-state index is 12.1. The fourth-order valence-corrected chi connectivity index (χ4v) is 2.73. The predicted molar refractivity (Wildman–Crippen MR) is 71.7 cm³/mol. The molecule has 0 atom stereocenters. The van der Waals surface area contributed by atoms with Crippen molar-refractivity contribution in [2.45, 2.75) is 4.90 Å². The van der Waals surface area contributed by atoms with Gasteiger partial charge < -0.3 is 10.1 Å². The molecule has 0 saturated carbocycles. The molecule has 1 heterocycles. The lowest BCUT2D eigenvalue weighted by Gasteiger charge is -2.05. The molecule has 1 aromatic heterocycles. The number of hydrogen-bond donors (Lipinski definition) is 0. The van der Waals surface area contributed by atoms with Gasteiger partial charge in [-0.2, -0.15) is 8.42 Å². The second kappa shape index (κ2) is 5.35. The number of pyridine rings is 1. The van der Waals surface area contributed by atoms with E-state index in [4.69, 9.17) is 4.18 Å². The quantitative estimate of drug-likeness (QED) is 0.362. The first-order valence-corrected chi connectivity index (χ1v) is 6.91. The minimum Gasteiger partial charge on any atom is -0.358 e. The Morgan fingerprint density at radius 1 is 1.40 bits per heavy atom. The highest BCUT2D eigenvalue weighted by Crippen LogP contribution is 2.27. The molecule has 8 heteroatoms. The van der Waals surface area contributed by atoms with Crippen molar-refractivity contribution in [3.05, 3.63) is 53.1 Å². The van der Waals surface area contributed by atoms with Gasteiger partial charge in [0.1, 0.15) is 4.90 Å². The zero-order chi connectivity index (χ0) is 14.8. The molecule has 104 valence electrons. The molecular formula is C12H10N2O5S. The molecule has 0 fully saturated rings. The van der Waals surface area contributed by atoms with Crippen molar-refractivity contribution in [3.8, 4) is 0 Å². The first kappa shape index (κ1) is 14.1. The fourth-order valence-electron chi connectivity index (χ4n) is 1.63. The molecule has 0 aliphatic rings. The number of rotatable bonds is 5. The van der Waals surface area contributed by atoms with E-state index in [1.807, 2.05) is 0 Å². The Bertz CT molecular complexity index is 786. The van der Waals surface area contributed by atoms with Gasteiger partial charge in [0, 0.05) is 5.39 Å². The summed E-state index contributed by atoms with van der Waals surface area (Å²) in [6.45, 7) is 3.14. The molecule has 0 aliphatic heterocycles. The molecule has 0 amide bonds. The van der Waals surface area contributed by atoms with Gasteiger partial charge in [-0.25, -0.2) is 0 Å². The van der Waals surface area contributed by atoms with E-state index in [1.165, 1.54) is 18.2 Å². The average Bonchev–Trinajstić information content (AvgIpc) is 2.43. The lowest BCUT2D eigenvalue weighted by molar-refractivity contribution is -0.389. The largest absolute Gasteiger partial charge is 0.365 e. The van der Waals surface area contributed by atoms with Crippen LogP contribution in [0.15, 0.2) is 47.9 Å². The van der Waals surface area contributed by atoms with Gasteiger partial charge in [0.25, 0.3) is 10.1 Å². The van der Waals surface area contributed by atoms with Gasteiger partial charge in [-0.15, -0.1) is 6.58 Å². The molecule has 20 heavy (non-hydrogen) atoms. The Balaban J connectivity index is 2.73. The summed E-state index contributed by atoms with van der Waals surface area (Å²) in [6, 6.07) is 7.12. The molecule has 0 N–H and O–H groups in total. The lowest BCUT2D eigenvalue weighted by atomic mass is 10.2. The highest BCUT2D eigenvalue weighted by Gasteiger charge is 2.24. The summed E-state index contributed by atoms with van der Waals surface area (Å²) in [5.41, 5.74) is 0.211. The third-order valence-electron chi connectivity index (χ3n) is 2.46. The van der Waals surface area contributed by atoms with Crippen LogP contribution in [-0.4, -0.2) is 24.9 Å². The number of aromatic nitrogens is 1. The fraction of sp³-hybridized carbons (Fsp3) is 0.0833. The van der Waals surface area contributed by atoms with Crippen LogP contribution in [0.25, 0.3) is 10.9 Å². The average molecular weight is 294 g/mol. The maximum Gasteiger partial charge on any atom is 0.365 e. The van der Waals surface area contributed by atoms with Crippen LogP contribution in [0, 0.1) is 10.1 Å². The minimum atomic E-state index is -4.12. The second-order valence-electron chi connectivity index (χ2n) is 3.78. The summed E-state index contributed by atoms with van der Waals surface area (Å²) in [4.78, 5) is 13.6. The normalized spacial score (nSPS) is 11.4. The Morgan fingerprint density at radius 3 is 2.75 bits per heavy atom. The number of nitrogens with zero attached hydrogens (tertiary/aromatic N) is 2. The van der Waals surface area contributed by atoms with Crippen molar-refractivity contribution in [1.29, 1.82) is 0 Å². The van der Waals surface area contributed by atoms with Crippen LogP contribution < -0.4 is 0 Å². The molecule has 1 aromatic carbocycles. The van der Waals surface area contributed by atoms with Gasteiger partial charge in [0.15, 0.2) is 5.52 Å². The zero-order valence-electron chi connectivity index (χ0n) is 10.2. The standard InChI is InChI=1S/C12H10N2O5S/c1-2-7-19-20(17,18)11-8-12(14(15)16)13-10-6-4-3-5-9(10)11/h2-6,8H,1,7H2. The smallest absolute Gasteiger partial charge is 0.358 e. The Hall–Kier alpha value is -2.32. The number of fused-ring (bicyclic) bond motifs is 1. The van der Waals surface area contributed by atoms with E-state index >= 15 is 0 Å². The molecular weight excluding hydrogens is 284 g/mol. The summed E-state index contributed by atoms with van der Waals surface area (Å²) in [7, 11) is -4.12. The molecule has 0 radical (unpaired) electrons. The molecule has 2 rings (SSSR count). The van der Waals surface area contributed by atoms with Crippen molar-refractivity contribution in [2.75, 3.05) is 6.61 Å².